The fourth-order valence-electron chi connectivity index (χ4n) is 2.24. The molecule has 1 aromatic carbocycles. The Bertz CT molecular complexity index is 405. The lowest BCUT2D eigenvalue weighted by molar-refractivity contribution is -0.0518. The van der Waals surface area contributed by atoms with E-state index < -0.39 is 5.60 Å². The Balaban J connectivity index is 2.24. The Kier molecular flexibility index (Phi) is 3.50. The molecule has 1 unspecified atom stereocenters. The number of hydrogen-bond donors (Lipinski definition) is 1. The number of aliphatic hydroxyl groups is 1. The van der Waals surface area contributed by atoms with Crippen LogP contribution in [-0.4, -0.2) is 22.2 Å². The van der Waals surface area contributed by atoms with Gasteiger partial charge in [0.2, 0.25) is 0 Å². The average molecular weight is 254 g/mol. The maximum absolute atomic E-state index is 13.6. The summed E-state index contributed by atoms with van der Waals surface area (Å²) in [6.45, 7) is 4.15. The lowest BCUT2D eigenvalue weighted by Gasteiger charge is -2.46. The second-order valence-corrected chi connectivity index (χ2v) is 6.59. The number of hydrogen-bond acceptors (Lipinski definition) is 2. The van der Waals surface area contributed by atoms with E-state index in [4.69, 9.17) is 0 Å². The summed E-state index contributed by atoms with van der Waals surface area (Å²) in [7, 11) is 0. The van der Waals surface area contributed by atoms with Crippen molar-refractivity contribution in [3.05, 3.63) is 35.6 Å². The molecule has 0 amide bonds. The summed E-state index contributed by atoms with van der Waals surface area (Å²) < 4.78 is 13.6. The molecule has 1 saturated heterocycles. The van der Waals surface area contributed by atoms with Crippen molar-refractivity contribution in [1.29, 1.82) is 0 Å². The van der Waals surface area contributed by atoms with Gasteiger partial charge in [0.15, 0.2) is 0 Å². The smallest absolute Gasteiger partial charge is 0.126 e. The number of thioether (sulfide) groups is 1. The van der Waals surface area contributed by atoms with Gasteiger partial charge < -0.3 is 5.11 Å². The quantitative estimate of drug-likeness (QED) is 0.874. The first-order chi connectivity index (χ1) is 7.95. The van der Waals surface area contributed by atoms with Crippen LogP contribution in [-0.2, 0) is 6.42 Å². The van der Waals surface area contributed by atoms with Crippen LogP contribution in [0.2, 0.25) is 0 Å². The van der Waals surface area contributed by atoms with Gasteiger partial charge in [-0.15, -0.1) is 0 Å². The normalized spacial score (nSPS) is 28.0. The van der Waals surface area contributed by atoms with Gasteiger partial charge in [0.1, 0.15) is 5.82 Å². The predicted molar refractivity (Wildman–Crippen MR) is 70.8 cm³/mol. The topological polar surface area (TPSA) is 20.2 Å². The maximum Gasteiger partial charge on any atom is 0.126 e. The highest BCUT2D eigenvalue weighted by molar-refractivity contribution is 7.99. The van der Waals surface area contributed by atoms with Crippen molar-refractivity contribution >= 4 is 11.8 Å². The Morgan fingerprint density at radius 3 is 2.71 bits per heavy atom. The Morgan fingerprint density at radius 2 is 2.06 bits per heavy atom. The van der Waals surface area contributed by atoms with E-state index in [2.05, 4.69) is 13.8 Å². The summed E-state index contributed by atoms with van der Waals surface area (Å²) in [6.07, 6.45) is 1.38. The molecule has 0 saturated carbocycles. The van der Waals surface area contributed by atoms with Crippen molar-refractivity contribution in [2.24, 2.45) is 5.41 Å². The van der Waals surface area contributed by atoms with Crippen LogP contribution in [0.15, 0.2) is 24.3 Å². The van der Waals surface area contributed by atoms with Crippen LogP contribution in [0.5, 0.6) is 0 Å². The minimum Gasteiger partial charge on any atom is -0.388 e. The fraction of sp³-hybridized carbons (Fsp3) is 0.571. The standard InChI is InChI=1S/C14H19FOS/c1-13(2)7-8-17-10-14(13,16)9-11-5-3-4-6-12(11)15/h3-6,16H,7-10H2,1-2H3. The van der Waals surface area contributed by atoms with Crippen molar-refractivity contribution in [2.45, 2.75) is 32.3 Å². The minimum absolute atomic E-state index is 0.152. The monoisotopic (exact) mass is 254 g/mol. The Labute approximate surface area is 106 Å². The molecule has 1 aliphatic rings. The number of halogens is 1. The first-order valence-electron chi connectivity index (χ1n) is 5.98. The third-order valence-electron chi connectivity index (χ3n) is 3.91. The molecule has 3 heteroatoms. The molecule has 0 aromatic heterocycles. The van der Waals surface area contributed by atoms with E-state index in [1.54, 1.807) is 23.9 Å². The Hall–Kier alpha value is -0.540. The first kappa shape index (κ1) is 12.9. The Morgan fingerprint density at radius 1 is 1.35 bits per heavy atom. The second-order valence-electron chi connectivity index (χ2n) is 5.49. The van der Waals surface area contributed by atoms with E-state index in [0.717, 1.165) is 12.2 Å². The zero-order chi connectivity index (χ0) is 12.5. The molecule has 17 heavy (non-hydrogen) atoms. The van der Waals surface area contributed by atoms with E-state index in [0.29, 0.717) is 17.7 Å². The van der Waals surface area contributed by atoms with Crippen LogP contribution in [0, 0.1) is 11.2 Å². The molecule has 1 heterocycles. The zero-order valence-corrected chi connectivity index (χ0v) is 11.2. The van der Waals surface area contributed by atoms with E-state index in [1.807, 2.05) is 6.07 Å². The van der Waals surface area contributed by atoms with Crippen molar-refractivity contribution in [2.75, 3.05) is 11.5 Å². The summed E-state index contributed by atoms with van der Waals surface area (Å²) in [5.74, 6) is 1.55. The second kappa shape index (κ2) is 4.62. The maximum atomic E-state index is 13.6. The van der Waals surface area contributed by atoms with Crippen LogP contribution < -0.4 is 0 Å². The minimum atomic E-state index is -0.807. The number of rotatable bonds is 2. The summed E-state index contributed by atoms with van der Waals surface area (Å²) in [6, 6.07) is 6.73. The third-order valence-corrected chi connectivity index (χ3v) is 5.09. The van der Waals surface area contributed by atoms with Crippen molar-refractivity contribution < 1.29 is 9.50 Å². The van der Waals surface area contributed by atoms with Gasteiger partial charge in [0, 0.05) is 12.2 Å². The lowest BCUT2D eigenvalue weighted by Crippen LogP contribution is -2.51. The molecule has 0 bridgehead atoms. The highest BCUT2D eigenvalue weighted by Gasteiger charge is 2.45. The van der Waals surface area contributed by atoms with Crippen LogP contribution in [0.3, 0.4) is 0 Å². The largest absolute Gasteiger partial charge is 0.388 e. The highest BCUT2D eigenvalue weighted by atomic mass is 32.2. The third kappa shape index (κ3) is 2.50. The van der Waals surface area contributed by atoms with E-state index in [9.17, 15) is 9.50 Å². The molecule has 2 rings (SSSR count). The summed E-state index contributed by atoms with van der Waals surface area (Å²) in [5.41, 5.74) is -0.343. The van der Waals surface area contributed by atoms with Crippen LogP contribution in [0.1, 0.15) is 25.8 Å². The first-order valence-corrected chi connectivity index (χ1v) is 7.14. The summed E-state index contributed by atoms with van der Waals surface area (Å²) in [4.78, 5) is 0. The number of benzene rings is 1. The molecule has 1 aliphatic heterocycles. The average Bonchev–Trinajstić information content (AvgIpc) is 2.26. The van der Waals surface area contributed by atoms with Crippen LogP contribution in [0.4, 0.5) is 4.39 Å². The van der Waals surface area contributed by atoms with Crippen molar-refractivity contribution in [3.63, 3.8) is 0 Å². The molecule has 1 N–H and O–H groups in total. The molecule has 1 atom stereocenters. The van der Waals surface area contributed by atoms with Gasteiger partial charge in [-0.05, 0) is 29.2 Å². The lowest BCUT2D eigenvalue weighted by atomic mass is 9.70. The molecule has 0 spiro atoms. The van der Waals surface area contributed by atoms with E-state index in [1.165, 1.54) is 6.07 Å². The van der Waals surface area contributed by atoms with Gasteiger partial charge >= 0.3 is 0 Å². The highest BCUT2D eigenvalue weighted by Crippen LogP contribution is 2.44. The van der Waals surface area contributed by atoms with Gasteiger partial charge in [0.05, 0.1) is 5.60 Å². The molecule has 1 nitrogen and oxygen atoms in total. The van der Waals surface area contributed by atoms with Crippen LogP contribution >= 0.6 is 11.8 Å². The van der Waals surface area contributed by atoms with Gasteiger partial charge in [-0.2, -0.15) is 11.8 Å². The summed E-state index contributed by atoms with van der Waals surface area (Å²) >= 11 is 1.76. The van der Waals surface area contributed by atoms with Gasteiger partial charge in [-0.1, -0.05) is 32.0 Å². The zero-order valence-electron chi connectivity index (χ0n) is 10.4. The fourth-order valence-corrected chi connectivity index (χ4v) is 3.87. The molecule has 94 valence electrons. The molecule has 0 aliphatic carbocycles. The molecule has 1 fully saturated rings. The van der Waals surface area contributed by atoms with E-state index >= 15 is 0 Å². The molecular weight excluding hydrogens is 235 g/mol. The molecule has 1 aromatic rings. The van der Waals surface area contributed by atoms with Crippen molar-refractivity contribution in [1.82, 2.24) is 0 Å². The van der Waals surface area contributed by atoms with Gasteiger partial charge in [-0.3, -0.25) is 0 Å². The predicted octanol–water partition coefficient (Wildman–Crippen LogP) is 3.26. The van der Waals surface area contributed by atoms with Crippen molar-refractivity contribution in [3.8, 4) is 0 Å². The molecular formula is C14H19FOS. The molecule has 0 radical (unpaired) electrons. The van der Waals surface area contributed by atoms with Crippen LogP contribution in [0.25, 0.3) is 0 Å². The SMILES string of the molecule is CC1(C)CCSCC1(O)Cc1ccccc1F. The van der Waals surface area contributed by atoms with Gasteiger partial charge in [-0.25, -0.2) is 4.39 Å². The van der Waals surface area contributed by atoms with E-state index in [-0.39, 0.29) is 11.2 Å². The summed E-state index contributed by atoms with van der Waals surface area (Å²) in [5, 5.41) is 10.8. The van der Waals surface area contributed by atoms with Gasteiger partial charge in [0.25, 0.3) is 0 Å².